The van der Waals surface area contributed by atoms with Crippen LogP contribution in [0.3, 0.4) is 0 Å². The molecule has 0 fully saturated rings. The van der Waals surface area contributed by atoms with Crippen LogP contribution in [0.5, 0.6) is 0 Å². The van der Waals surface area contributed by atoms with Gasteiger partial charge in [0, 0.05) is 21.8 Å². The molecule has 244 valence electrons. The van der Waals surface area contributed by atoms with Crippen LogP contribution in [0.25, 0.3) is 104 Å². The number of nitriles is 1. The summed E-state index contributed by atoms with van der Waals surface area (Å²) in [5, 5.41) is 21.9. The van der Waals surface area contributed by atoms with Gasteiger partial charge in [-0.3, -0.25) is 0 Å². The highest BCUT2D eigenvalue weighted by molar-refractivity contribution is 6.28. The topological polar surface area (TPSA) is 28.7 Å². The number of rotatable bonds is 4. The fourth-order valence-corrected chi connectivity index (χ4v) is 8.98. The van der Waals surface area contributed by atoms with E-state index in [0.717, 1.165) is 27.5 Å². The highest BCUT2D eigenvalue weighted by Gasteiger charge is 2.23. The van der Waals surface area contributed by atoms with Gasteiger partial charge in [-0.1, -0.05) is 146 Å². The lowest BCUT2D eigenvalue weighted by Crippen LogP contribution is -1.95. The Hall–Kier alpha value is -7.21. The van der Waals surface area contributed by atoms with Crippen molar-refractivity contribution in [1.29, 1.82) is 5.26 Å². The van der Waals surface area contributed by atoms with Crippen molar-refractivity contribution in [1.82, 2.24) is 4.57 Å². The molecule has 2 nitrogen and oxygen atoms in total. The molecule has 0 N–H and O–H groups in total. The second-order valence-electron chi connectivity index (χ2n) is 13.9. The molecule has 1 heterocycles. The Labute approximate surface area is 306 Å². The Bertz CT molecular complexity index is 3220. The lowest BCUT2D eigenvalue weighted by atomic mass is 9.83. The van der Waals surface area contributed by atoms with Gasteiger partial charge in [-0.25, -0.2) is 0 Å². The van der Waals surface area contributed by atoms with Crippen LogP contribution in [-0.2, 0) is 0 Å². The number of para-hydroxylation sites is 1. The molecule has 11 rings (SSSR count). The van der Waals surface area contributed by atoms with E-state index in [1.54, 1.807) is 0 Å². The average molecular weight is 671 g/mol. The molecule has 0 saturated carbocycles. The van der Waals surface area contributed by atoms with Crippen LogP contribution in [0.15, 0.2) is 182 Å². The maximum atomic E-state index is 10.1. The molecule has 0 amide bonds. The van der Waals surface area contributed by atoms with Crippen LogP contribution in [0.1, 0.15) is 5.56 Å². The summed E-state index contributed by atoms with van der Waals surface area (Å²) in [5.41, 5.74) is 11.4. The third-order valence-electron chi connectivity index (χ3n) is 11.2. The minimum Gasteiger partial charge on any atom is -0.309 e. The Morgan fingerprint density at radius 1 is 0.377 bits per heavy atom. The summed E-state index contributed by atoms with van der Waals surface area (Å²) < 4.78 is 2.37. The number of hydrogen-bond acceptors (Lipinski definition) is 1. The number of nitrogens with zero attached hydrogens (tertiary/aromatic N) is 2. The minimum absolute atomic E-state index is 0.701. The molecule has 0 spiro atoms. The van der Waals surface area contributed by atoms with E-state index in [2.05, 4.69) is 187 Å². The molecule has 0 aliphatic carbocycles. The SMILES string of the molecule is N#Cc1ccc2c3c1ccc1cc(-c4c5ccccc5c(-c5ccc(-c6ccccc6)c6ccccc56)c5ccccc45)cc(c13)n2-c1ccccc1. The van der Waals surface area contributed by atoms with Crippen LogP contribution >= 0.6 is 0 Å². The number of fused-ring (bicyclic) bond motifs is 3. The van der Waals surface area contributed by atoms with Crippen LogP contribution in [0.4, 0.5) is 0 Å². The highest BCUT2D eigenvalue weighted by Crippen LogP contribution is 2.48. The molecule has 0 atom stereocenters. The monoisotopic (exact) mass is 670 g/mol. The molecular weight excluding hydrogens is 641 g/mol. The van der Waals surface area contributed by atoms with Crippen molar-refractivity contribution in [2.45, 2.75) is 0 Å². The van der Waals surface area contributed by atoms with Crippen LogP contribution < -0.4 is 0 Å². The summed E-state index contributed by atoms with van der Waals surface area (Å²) in [4.78, 5) is 0. The third kappa shape index (κ3) is 4.26. The quantitative estimate of drug-likeness (QED) is 0.135. The Morgan fingerprint density at radius 3 is 1.60 bits per heavy atom. The molecule has 11 aromatic rings. The molecule has 0 radical (unpaired) electrons. The number of benzene rings is 10. The van der Waals surface area contributed by atoms with Crippen molar-refractivity contribution in [2.75, 3.05) is 0 Å². The maximum absolute atomic E-state index is 10.1. The highest BCUT2D eigenvalue weighted by atomic mass is 15.0. The van der Waals surface area contributed by atoms with Crippen molar-refractivity contribution in [3.8, 4) is 45.1 Å². The summed E-state index contributed by atoms with van der Waals surface area (Å²) in [7, 11) is 0. The summed E-state index contributed by atoms with van der Waals surface area (Å²) >= 11 is 0. The van der Waals surface area contributed by atoms with Gasteiger partial charge in [-0.05, 0) is 107 Å². The van der Waals surface area contributed by atoms with Gasteiger partial charge in [0.15, 0.2) is 0 Å². The lowest BCUT2D eigenvalue weighted by Gasteiger charge is -2.20. The Balaban J connectivity index is 1.25. The fraction of sp³-hybridized carbons (Fsp3) is 0. The zero-order valence-electron chi connectivity index (χ0n) is 28.7. The molecular formula is C51H30N2. The first-order chi connectivity index (χ1) is 26.3. The largest absolute Gasteiger partial charge is 0.309 e. The number of aromatic nitrogens is 1. The molecule has 0 unspecified atom stereocenters. The molecule has 0 aliphatic heterocycles. The second-order valence-corrected chi connectivity index (χ2v) is 13.9. The van der Waals surface area contributed by atoms with Gasteiger partial charge in [-0.2, -0.15) is 5.26 Å². The molecule has 0 aliphatic rings. The van der Waals surface area contributed by atoms with E-state index in [1.807, 2.05) is 6.07 Å². The maximum Gasteiger partial charge on any atom is 0.0998 e. The first-order valence-corrected chi connectivity index (χ1v) is 18.1. The van der Waals surface area contributed by atoms with Gasteiger partial charge in [0.2, 0.25) is 0 Å². The minimum atomic E-state index is 0.701. The van der Waals surface area contributed by atoms with Crippen molar-refractivity contribution < 1.29 is 0 Å². The molecule has 0 saturated heterocycles. The van der Waals surface area contributed by atoms with E-state index in [0.29, 0.717) is 5.56 Å². The summed E-state index contributed by atoms with van der Waals surface area (Å²) in [6.07, 6.45) is 0. The molecule has 53 heavy (non-hydrogen) atoms. The van der Waals surface area contributed by atoms with E-state index < -0.39 is 0 Å². The van der Waals surface area contributed by atoms with E-state index in [1.165, 1.54) is 76.5 Å². The average Bonchev–Trinajstić information content (AvgIpc) is 3.57. The van der Waals surface area contributed by atoms with Gasteiger partial charge < -0.3 is 4.57 Å². The van der Waals surface area contributed by atoms with Crippen LogP contribution in [0, 0.1) is 11.3 Å². The summed E-state index contributed by atoms with van der Waals surface area (Å²) in [6.45, 7) is 0. The molecule has 1 aromatic heterocycles. The molecule has 0 bridgehead atoms. The normalized spacial score (nSPS) is 11.8. The standard InChI is InChI=1S/C51H30N2/c52-31-34-24-28-46-51-38(34)25-23-33-29-35(30-47(49(33)51)53(46)36-15-5-2-6-16-36)48-41-19-9-11-21-43(41)50(44-22-12-10-20-42(44)48)45-27-26-37(32-13-3-1-4-14-32)39-17-7-8-18-40(39)45/h1-30H. The van der Waals surface area contributed by atoms with Crippen molar-refractivity contribution in [3.05, 3.63) is 188 Å². The fourth-order valence-electron chi connectivity index (χ4n) is 8.98. The van der Waals surface area contributed by atoms with Gasteiger partial charge in [0.1, 0.15) is 0 Å². The smallest absolute Gasteiger partial charge is 0.0998 e. The van der Waals surface area contributed by atoms with E-state index >= 15 is 0 Å². The van der Waals surface area contributed by atoms with Gasteiger partial charge in [0.25, 0.3) is 0 Å². The lowest BCUT2D eigenvalue weighted by molar-refractivity contribution is 1.18. The zero-order valence-corrected chi connectivity index (χ0v) is 28.7. The van der Waals surface area contributed by atoms with Crippen molar-refractivity contribution in [2.24, 2.45) is 0 Å². The Kier molecular flexibility index (Phi) is 6.35. The first-order valence-electron chi connectivity index (χ1n) is 18.1. The molecule has 10 aromatic carbocycles. The predicted octanol–water partition coefficient (Wildman–Crippen LogP) is 13.7. The predicted molar refractivity (Wildman–Crippen MR) is 223 cm³/mol. The molecule has 2 heteroatoms. The van der Waals surface area contributed by atoms with Crippen LogP contribution in [0.2, 0.25) is 0 Å². The van der Waals surface area contributed by atoms with Gasteiger partial charge in [0.05, 0.1) is 22.7 Å². The van der Waals surface area contributed by atoms with Crippen molar-refractivity contribution >= 4 is 64.9 Å². The zero-order chi connectivity index (χ0) is 35.0. The van der Waals surface area contributed by atoms with E-state index in [9.17, 15) is 5.26 Å². The van der Waals surface area contributed by atoms with E-state index in [-0.39, 0.29) is 0 Å². The number of hydrogen-bond donors (Lipinski definition) is 0. The second kappa shape index (κ2) is 11.4. The van der Waals surface area contributed by atoms with Crippen LogP contribution in [-0.4, -0.2) is 4.57 Å². The van der Waals surface area contributed by atoms with Crippen molar-refractivity contribution in [3.63, 3.8) is 0 Å². The summed E-state index contributed by atoms with van der Waals surface area (Å²) in [5.74, 6) is 0. The van der Waals surface area contributed by atoms with E-state index in [4.69, 9.17) is 0 Å². The first kappa shape index (κ1) is 29.5. The van der Waals surface area contributed by atoms with Gasteiger partial charge >= 0.3 is 0 Å². The Morgan fingerprint density at radius 2 is 0.943 bits per heavy atom. The van der Waals surface area contributed by atoms with Gasteiger partial charge in [-0.15, -0.1) is 0 Å². The summed E-state index contributed by atoms with van der Waals surface area (Å²) in [6, 6.07) is 68.1. The third-order valence-corrected chi connectivity index (χ3v) is 11.2.